The summed E-state index contributed by atoms with van der Waals surface area (Å²) < 4.78 is 0.849. The zero-order valence-corrected chi connectivity index (χ0v) is 13.2. The first kappa shape index (κ1) is 16.2. The zero-order valence-electron chi connectivity index (χ0n) is 11.6. The van der Waals surface area contributed by atoms with Gasteiger partial charge in [-0.15, -0.1) is 0 Å². The minimum absolute atomic E-state index is 0.0605. The minimum atomic E-state index is -0.0605. The Balaban J connectivity index is 2.61. The lowest BCUT2D eigenvalue weighted by molar-refractivity contribution is 0.0942. The Kier molecular flexibility index (Phi) is 7.10. The number of nitrogens with one attached hydrogen (secondary N) is 1. The van der Waals surface area contributed by atoms with E-state index in [9.17, 15) is 4.79 Å². The first-order valence-electron chi connectivity index (χ1n) is 6.74. The third-order valence-electron chi connectivity index (χ3n) is 3.22. The van der Waals surface area contributed by atoms with E-state index >= 15 is 0 Å². The second-order valence-corrected chi connectivity index (χ2v) is 5.61. The molecular weight excluding hydrogens is 306 g/mol. The smallest absolute Gasteiger partial charge is 0.252 e. The molecule has 0 radical (unpaired) electrons. The van der Waals surface area contributed by atoms with E-state index < -0.39 is 0 Å². The van der Waals surface area contributed by atoms with E-state index in [0.717, 1.165) is 29.3 Å². The van der Waals surface area contributed by atoms with Crippen LogP contribution < -0.4 is 5.32 Å². The highest BCUT2D eigenvalue weighted by Gasteiger charge is 2.13. The van der Waals surface area contributed by atoms with Gasteiger partial charge in [0.1, 0.15) is 0 Å². The normalized spacial score (nSPS) is 12.2. The number of aliphatic hydroxyl groups is 1. The predicted molar refractivity (Wildman–Crippen MR) is 81.3 cm³/mol. The van der Waals surface area contributed by atoms with Gasteiger partial charge < -0.3 is 10.4 Å². The lowest BCUT2D eigenvalue weighted by Gasteiger charge is -2.16. The number of carbonyl (C=O) groups excluding carboxylic acids is 1. The van der Waals surface area contributed by atoms with Gasteiger partial charge in [-0.1, -0.05) is 25.5 Å². The van der Waals surface area contributed by atoms with Crippen LogP contribution >= 0.6 is 15.9 Å². The van der Waals surface area contributed by atoms with Crippen molar-refractivity contribution in [3.05, 3.63) is 33.8 Å². The van der Waals surface area contributed by atoms with Crippen molar-refractivity contribution in [1.82, 2.24) is 5.32 Å². The van der Waals surface area contributed by atoms with Gasteiger partial charge in [0, 0.05) is 17.6 Å². The molecule has 106 valence electrons. The molecule has 1 aromatic carbocycles. The Morgan fingerprint density at radius 3 is 2.79 bits per heavy atom. The molecule has 0 bridgehead atoms. The molecule has 1 unspecified atom stereocenters. The number of amides is 1. The van der Waals surface area contributed by atoms with Crippen molar-refractivity contribution >= 4 is 21.8 Å². The van der Waals surface area contributed by atoms with Crippen LogP contribution in [0.4, 0.5) is 0 Å². The third-order valence-corrected chi connectivity index (χ3v) is 4.27. The number of rotatable bonds is 7. The largest absolute Gasteiger partial charge is 0.396 e. The Morgan fingerprint density at radius 2 is 2.16 bits per heavy atom. The highest BCUT2D eigenvalue weighted by molar-refractivity contribution is 9.10. The number of hydrogen-bond acceptors (Lipinski definition) is 2. The molecule has 1 amide bonds. The van der Waals surface area contributed by atoms with E-state index in [2.05, 4.69) is 28.2 Å². The minimum Gasteiger partial charge on any atom is -0.396 e. The van der Waals surface area contributed by atoms with Gasteiger partial charge in [-0.05, 0) is 53.2 Å². The molecule has 0 aliphatic heterocycles. The van der Waals surface area contributed by atoms with Crippen LogP contribution in [0.3, 0.4) is 0 Å². The fourth-order valence-corrected chi connectivity index (χ4v) is 2.54. The Morgan fingerprint density at radius 1 is 1.42 bits per heavy atom. The van der Waals surface area contributed by atoms with Crippen LogP contribution in [0, 0.1) is 12.8 Å². The Labute approximate surface area is 123 Å². The van der Waals surface area contributed by atoms with E-state index in [1.165, 1.54) is 0 Å². The molecule has 1 aromatic rings. The zero-order chi connectivity index (χ0) is 14.3. The molecule has 0 heterocycles. The number of halogens is 1. The van der Waals surface area contributed by atoms with Crippen molar-refractivity contribution < 1.29 is 9.90 Å². The van der Waals surface area contributed by atoms with Crippen LogP contribution in [0.1, 0.15) is 42.1 Å². The Bertz CT molecular complexity index is 415. The van der Waals surface area contributed by atoms with Crippen molar-refractivity contribution in [2.24, 2.45) is 5.92 Å². The molecule has 0 saturated carbocycles. The molecule has 3 nitrogen and oxygen atoms in total. The summed E-state index contributed by atoms with van der Waals surface area (Å²) in [4.78, 5) is 12.1. The molecular formula is C15H22BrNO2. The monoisotopic (exact) mass is 327 g/mol. The molecule has 0 spiro atoms. The first-order valence-corrected chi connectivity index (χ1v) is 7.53. The molecule has 0 saturated heterocycles. The van der Waals surface area contributed by atoms with Crippen LogP contribution in [0.2, 0.25) is 0 Å². The molecule has 2 N–H and O–H groups in total. The molecule has 0 fully saturated rings. The highest BCUT2D eigenvalue weighted by Crippen LogP contribution is 2.21. The Hall–Kier alpha value is -0.870. The lowest BCUT2D eigenvalue weighted by Crippen LogP contribution is -2.30. The van der Waals surface area contributed by atoms with Crippen molar-refractivity contribution in [3.8, 4) is 0 Å². The van der Waals surface area contributed by atoms with Gasteiger partial charge in [0.2, 0.25) is 0 Å². The number of benzene rings is 1. The summed E-state index contributed by atoms with van der Waals surface area (Å²) in [6.07, 6.45) is 2.83. The number of aryl methyl sites for hydroxylation is 1. The fraction of sp³-hybridized carbons (Fsp3) is 0.533. The van der Waals surface area contributed by atoms with Gasteiger partial charge in [0.05, 0.1) is 5.56 Å². The summed E-state index contributed by atoms with van der Waals surface area (Å²) in [7, 11) is 0. The van der Waals surface area contributed by atoms with E-state index in [0.29, 0.717) is 18.0 Å². The topological polar surface area (TPSA) is 49.3 Å². The maximum Gasteiger partial charge on any atom is 0.252 e. The van der Waals surface area contributed by atoms with Crippen LogP contribution in [-0.2, 0) is 0 Å². The second kappa shape index (κ2) is 8.33. The maximum atomic E-state index is 12.1. The molecule has 0 aliphatic carbocycles. The van der Waals surface area contributed by atoms with Crippen molar-refractivity contribution in [3.63, 3.8) is 0 Å². The number of carbonyl (C=O) groups is 1. The van der Waals surface area contributed by atoms with Crippen molar-refractivity contribution in [2.75, 3.05) is 13.2 Å². The van der Waals surface area contributed by atoms with Crippen LogP contribution in [0.15, 0.2) is 22.7 Å². The van der Waals surface area contributed by atoms with E-state index in [-0.39, 0.29) is 12.5 Å². The quantitative estimate of drug-likeness (QED) is 0.807. The summed E-state index contributed by atoms with van der Waals surface area (Å²) in [5, 5.41) is 12.0. The molecule has 1 atom stereocenters. The summed E-state index contributed by atoms with van der Waals surface area (Å²) in [5.74, 6) is 0.289. The van der Waals surface area contributed by atoms with Crippen LogP contribution in [0.5, 0.6) is 0 Å². The van der Waals surface area contributed by atoms with Gasteiger partial charge in [0.15, 0.2) is 0 Å². The lowest BCUT2D eigenvalue weighted by atomic mass is 10.00. The highest BCUT2D eigenvalue weighted by atomic mass is 79.9. The average molecular weight is 328 g/mol. The third kappa shape index (κ3) is 4.96. The molecule has 19 heavy (non-hydrogen) atoms. The molecule has 0 aromatic heterocycles. The molecule has 1 rings (SSSR count). The van der Waals surface area contributed by atoms with Crippen LogP contribution in [-0.4, -0.2) is 24.2 Å². The van der Waals surface area contributed by atoms with Gasteiger partial charge in [-0.25, -0.2) is 0 Å². The fourth-order valence-electron chi connectivity index (χ4n) is 2.09. The van der Waals surface area contributed by atoms with Crippen LogP contribution in [0.25, 0.3) is 0 Å². The van der Waals surface area contributed by atoms with Gasteiger partial charge in [0.25, 0.3) is 5.91 Å². The van der Waals surface area contributed by atoms with E-state index in [1.54, 1.807) is 0 Å². The summed E-state index contributed by atoms with van der Waals surface area (Å²) in [6.45, 7) is 4.87. The van der Waals surface area contributed by atoms with E-state index in [4.69, 9.17) is 5.11 Å². The average Bonchev–Trinajstić information content (AvgIpc) is 2.39. The second-order valence-electron chi connectivity index (χ2n) is 4.81. The van der Waals surface area contributed by atoms with Crippen molar-refractivity contribution in [1.29, 1.82) is 0 Å². The summed E-state index contributed by atoms with van der Waals surface area (Å²) >= 11 is 3.45. The molecule has 4 heteroatoms. The molecule has 0 aliphatic rings. The van der Waals surface area contributed by atoms with E-state index in [1.807, 2.05) is 25.1 Å². The maximum absolute atomic E-state index is 12.1. The van der Waals surface area contributed by atoms with Crippen molar-refractivity contribution in [2.45, 2.75) is 33.1 Å². The summed E-state index contributed by atoms with van der Waals surface area (Å²) in [5.41, 5.74) is 1.72. The standard InChI is InChI=1S/C15H22BrNO2/c1-3-5-12(8-9-18)10-17-15(19)13-7-4-6-11(2)14(13)16/h4,6-7,12,18H,3,5,8-10H2,1-2H3,(H,17,19). The number of hydrogen-bond donors (Lipinski definition) is 2. The van der Waals surface area contributed by atoms with Gasteiger partial charge in [-0.3, -0.25) is 4.79 Å². The SMILES string of the molecule is CCCC(CCO)CNC(=O)c1cccc(C)c1Br. The predicted octanol–water partition coefficient (Wildman–Crippen LogP) is 3.29. The van der Waals surface area contributed by atoms with Gasteiger partial charge >= 0.3 is 0 Å². The first-order chi connectivity index (χ1) is 9.10. The van der Waals surface area contributed by atoms with Gasteiger partial charge in [-0.2, -0.15) is 0 Å². The summed E-state index contributed by atoms with van der Waals surface area (Å²) in [6, 6.07) is 5.66. The number of aliphatic hydroxyl groups excluding tert-OH is 1.